The van der Waals surface area contributed by atoms with Gasteiger partial charge in [0.05, 0.1) is 25.2 Å². The summed E-state index contributed by atoms with van der Waals surface area (Å²) in [6.45, 7) is 0. The Balaban J connectivity index is 2.26. The molecule has 0 fully saturated rings. The maximum absolute atomic E-state index is 11.1. The zero-order chi connectivity index (χ0) is 14.7. The highest BCUT2D eigenvalue weighted by atomic mass is 35.5. The number of aromatic nitrogens is 2. The minimum absolute atomic E-state index is 0.291. The zero-order valence-corrected chi connectivity index (χ0v) is 11.4. The molecule has 2 unspecified atom stereocenters. The van der Waals surface area contributed by atoms with E-state index in [-0.39, 0.29) is 6.42 Å². The number of methoxy groups -OCH3 is 1. The van der Waals surface area contributed by atoms with Gasteiger partial charge >= 0.3 is 5.97 Å². The van der Waals surface area contributed by atoms with Crippen LogP contribution in [0.2, 0.25) is 5.15 Å². The van der Waals surface area contributed by atoms with Crippen LogP contribution in [0.5, 0.6) is 0 Å². The van der Waals surface area contributed by atoms with Gasteiger partial charge in [0, 0.05) is 5.39 Å². The number of esters is 1. The smallest absolute Gasteiger partial charge is 0.308 e. The minimum atomic E-state index is -1.25. The van der Waals surface area contributed by atoms with Gasteiger partial charge in [0.15, 0.2) is 0 Å². The lowest BCUT2D eigenvalue weighted by atomic mass is 10.0. The molecule has 2 aromatic rings. The molecule has 0 saturated carbocycles. The van der Waals surface area contributed by atoms with Crippen LogP contribution in [0, 0.1) is 0 Å². The molecule has 7 heteroatoms. The Morgan fingerprint density at radius 1 is 1.40 bits per heavy atom. The van der Waals surface area contributed by atoms with Crippen LogP contribution >= 0.6 is 11.6 Å². The lowest BCUT2D eigenvalue weighted by molar-refractivity contribution is -0.144. The van der Waals surface area contributed by atoms with Crippen molar-refractivity contribution in [1.29, 1.82) is 0 Å². The number of halogens is 1. The maximum atomic E-state index is 11.1. The van der Waals surface area contributed by atoms with Gasteiger partial charge in [-0.1, -0.05) is 17.7 Å². The number of fused-ring (bicyclic) bond motifs is 1. The molecule has 0 aliphatic carbocycles. The lowest BCUT2D eigenvalue weighted by Gasteiger charge is -2.17. The van der Waals surface area contributed by atoms with Gasteiger partial charge in [-0.2, -0.15) is 0 Å². The Kier molecular flexibility index (Phi) is 4.49. The first-order valence-electron chi connectivity index (χ1n) is 5.86. The highest BCUT2D eigenvalue weighted by molar-refractivity contribution is 6.34. The van der Waals surface area contributed by atoms with Crippen LogP contribution in [0.15, 0.2) is 24.5 Å². The fourth-order valence-electron chi connectivity index (χ4n) is 1.81. The van der Waals surface area contributed by atoms with Crippen molar-refractivity contribution < 1.29 is 19.7 Å². The molecule has 6 nitrogen and oxygen atoms in total. The van der Waals surface area contributed by atoms with Crippen molar-refractivity contribution in [2.24, 2.45) is 0 Å². The van der Waals surface area contributed by atoms with Gasteiger partial charge in [-0.05, 0) is 17.7 Å². The fraction of sp³-hybridized carbons (Fsp3) is 0.308. The molecule has 1 heterocycles. The number of aliphatic hydroxyl groups excluding tert-OH is 2. The summed E-state index contributed by atoms with van der Waals surface area (Å²) in [6.07, 6.45) is -1.45. The molecular weight excluding hydrogens is 284 g/mol. The van der Waals surface area contributed by atoms with Gasteiger partial charge in [0.1, 0.15) is 17.6 Å². The average molecular weight is 297 g/mol. The number of carbonyl (C=O) groups is 1. The SMILES string of the molecule is COC(=O)CC(O)C(O)c1ccc2c(Cl)ncnc2c1. The van der Waals surface area contributed by atoms with E-state index in [0.717, 1.165) is 0 Å². The first-order chi connectivity index (χ1) is 9.52. The highest BCUT2D eigenvalue weighted by Gasteiger charge is 2.22. The van der Waals surface area contributed by atoms with Gasteiger partial charge < -0.3 is 14.9 Å². The van der Waals surface area contributed by atoms with Gasteiger partial charge in [-0.15, -0.1) is 0 Å². The molecule has 0 amide bonds. The molecule has 20 heavy (non-hydrogen) atoms. The van der Waals surface area contributed by atoms with Crippen LogP contribution in [-0.2, 0) is 9.53 Å². The number of carbonyl (C=O) groups excluding carboxylic acids is 1. The number of benzene rings is 1. The van der Waals surface area contributed by atoms with E-state index in [1.165, 1.54) is 13.4 Å². The van der Waals surface area contributed by atoms with Crippen molar-refractivity contribution in [1.82, 2.24) is 9.97 Å². The van der Waals surface area contributed by atoms with Crippen molar-refractivity contribution in [3.05, 3.63) is 35.2 Å². The predicted molar refractivity (Wildman–Crippen MR) is 72.1 cm³/mol. The van der Waals surface area contributed by atoms with Gasteiger partial charge in [0.25, 0.3) is 0 Å². The molecule has 2 rings (SSSR count). The van der Waals surface area contributed by atoms with Crippen molar-refractivity contribution in [3.63, 3.8) is 0 Å². The molecule has 0 aliphatic heterocycles. The van der Waals surface area contributed by atoms with Crippen LogP contribution in [0.3, 0.4) is 0 Å². The van der Waals surface area contributed by atoms with Gasteiger partial charge in [0.2, 0.25) is 0 Å². The summed E-state index contributed by atoms with van der Waals surface area (Å²) >= 11 is 5.91. The number of nitrogens with zero attached hydrogens (tertiary/aromatic N) is 2. The summed E-state index contributed by atoms with van der Waals surface area (Å²) in [5, 5.41) is 20.8. The van der Waals surface area contributed by atoms with Crippen LogP contribution in [0.4, 0.5) is 0 Å². The van der Waals surface area contributed by atoms with E-state index in [1.54, 1.807) is 18.2 Å². The number of rotatable bonds is 4. The fourth-order valence-corrected chi connectivity index (χ4v) is 2.02. The summed E-state index contributed by atoms with van der Waals surface area (Å²) in [6, 6.07) is 4.85. The van der Waals surface area contributed by atoms with Crippen molar-refractivity contribution in [2.45, 2.75) is 18.6 Å². The van der Waals surface area contributed by atoms with E-state index in [2.05, 4.69) is 14.7 Å². The molecule has 2 N–H and O–H groups in total. The third kappa shape index (κ3) is 3.04. The van der Waals surface area contributed by atoms with Gasteiger partial charge in [-0.25, -0.2) is 9.97 Å². The zero-order valence-electron chi connectivity index (χ0n) is 10.7. The molecule has 106 valence electrons. The Morgan fingerprint density at radius 2 is 2.15 bits per heavy atom. The monoisotopic (exact) mass is 296 g/mol. The van der Waals surface area contributed by atoms with E-state index in [4.69, 9.17) is 11.6 Å². The van der Waals surface area contributed by atoms with Crippen LogP contribution in [0.1, 0.15) is 18.1 Å². The van der Waals surface area contributed by atoms with Crippen LogP contribution in [-0.4, -0.2) is 39.4 Å². The summed E-state index contributed by atoms with van der Waals surface area (Å²) < 4.78 is 4.44. The minimum Gasteiger partial charge on any atom is -0.469 e. The Hall–Kier alpha value is -1.76. The van der Waals surface area contributed by atoms with Crippen LogP contribution < -0.4 is 0 Å². The number of aliphatic hydroxyl groups is 2. The molecule has 1 aromatic heterocycles. The third-order valence-electron chi connectivity index (χ3n) is 2.92. The number of ether oxygens (including phenoxy) is 1. The first kappa shape index (κ1) is 14.6. The molecule has 2 atom stereocenters. The van der Waals surface area contributed by atoms with Crippen molar-refractivity contribution in [2.75, 3.05) is 7.11 Å². The molecule has 0 radical (unpaired) electrons. The molecular formula is C13H13ClN2O4. The van der Waals surface area contributed by atoms with E-state index >= 15 is 0 Å². The van der Waals surface area contributed by atoms with Crippen molar-refractivity contribution in [3.8, 4) is 0 Å². The normalized spacial score (nSPS) is 14.0. The van der Waals surface area contributed by atoms with E-state index < -0.39 is 18.2 Å². The Labute approximate surface area is 120 Å². The topological polar surface area (TPSA) is 92.5 Å². The first-order valence-corrected chi connectivity index (χ1v) is 6.24. The number of hydrogen-bond acceptors (Lipinski definition) is 6. The Morgan fingerprint density at radius 3 is 2.85 bits per heavy atom. The summed E-state index contributed by atoms with van der Waals surface area (Å²) in [5.41, 5.74) is 0.982. The van der Waals surface area contributed by atoms with Crippen LogP contribution in [0.25, 0.3) is 10.9 Å². The molecule has 0 saturated heterocycles. The van der Waals surface area contributed by atoms with E-state index in [1.807, 2.05) is 0 Å². The second-order valence-corrected chi connectivity index (χ2v) is 4.59. The molecule has 0 bridgehead atoms. The summed E-state index contributed by atoms with van der Waals surface area (Å²) in [5.74, 6) is -0.595. The van der Waals surface area contributed by atoms with Crippen molar-refractivity contribution >= 4 is 28.5 Å². The van der Waals surface area contributed by atoms with E-state index in [9.17, 15) is 15.0 Å². The standard InChI is InChI=1S/C13H13ClN2O4/c1-20-11(18)5-10(17)12(19)7-2-3-8-9(4-7)15-6-16-13(8)14/h2-4,6,10,12,17,19H,5H2,1H3. The molecule has 0 spiro atoms. The second-order valence-electron chi connectivity index (χ2n) is 4.23. The predicted octanol–water partition coefficient (Wildman–Crippen LogP) is 1.24. The molecule has 0 aliphatic rings. The van der Waals surface area contributed by atoms with E-state index in [0.29, 0.717) is 21.6 Å². The Bertz CT molecular complexity index is 635. The second kappa shape index (κ2) is 6.13. The van der Waals surface area contributed by atoms with Gasteiger partial charge in [-0.3, -0.25) is 4.79 Å². The average Bonchev–Trinajstić information content (AvgIpc) is 2.46. The summed E-state index contributed by atoms with van der Waals surface area (Å²) in [7, 11) is 1.22. The maximum Gasteiger partial charge on any atom is 0.308 e. The quantitative estimate of drug-likeness (QED) is 0.651. The largest absolute Gasteiger partial charge is 0.469 e. The number of hydrogen-bond donors (Lipinski definition) is 2. The summed E-state index contributed by atoms with van der Waals surface area (Å²) in [4.78, 5) is 19.0. The lowest BCUT2D eigenvalue weighted by Crippen LogP contribution is -2.22. The molecule has 1 aromatic carbocycles. The highest BCUT2D eigenvalue weighted by Crippen LogP contribution is 2.25. The third-order valence-corrected chi connectivity index (χ3v) is 3.22.